The van der Waals surface area contributed by atoms with Crippen molar-refractivity contribution >= 4 is 34.8 Å². The van der Waals surface area contributed by atoms with Gasteiger partial charge in [0, 0.05) is 56.1 Å². The first-order chi connectivity index (χ1) is 20.1. The van der Waals surface area contributed by atoms with E-state index in [2.05, 4.69) is 22.1 Å². The highest BCUT2D eigenvalue weighted by Crippen LogP contribution is 2.38. The molecule has 6 rings (SSSR count). The van der Waals surface area contributed by atoms with Gasteiger partial charge in [-0.2, -0.15) is 0 Å². The quantitative estimate of drug-likeness (QED) is 0.425. The van der Waals surface area contributed by atoms with Gasteiger partial charge in [0.15, 0.2) is 0 Å². The minimum absolute atomic E-state index is 0.0109. The molecule has 3 aromatic rings. The molecule has 0 aliphatic carbocycles. The third-order valence-corrected chi connectivity index (χ3v) is 8.62. The maximum absolute atomic E-state index is 13.5. The maximum Gasteiger partial charge on any atom is 0.410 e. The fraction of sp³-hybridized carbons (Fsp3) is 0.516. The van der Waals surface area contributed by atoms with Crippen molar-refractivity contribution < 1.29 is 24.2 Å². The molecule has 2 saturated heterocycles. The van der Waals surface area contributed by atoms with E-state index >= 15 is 0 Å². The van der Waals surface area contributed by atoms with Crippen LogP contribution in [0.25, 0.3) is 22.2 Å². The number of ether oxygens (including phenoxy) is 2. The number of carbonyl (C=O) groups excluding carboxylic acids is 2. The number of halogens is 1. The summed E-state index contributed by atoms with van der Waals surface area (Å²) in [5, 5.41) is 11.4. The van der Waals surface area contributed by atoms with E-state index in [0.29, 0.717) is 70.2 Å². The van der Waals surface area contributed by atoms with Crippen LogP contribution in [0.3, 0.4) is 0 Å². The second-order valence-corrected chi connectivity index (χ2v) is 12.8. The van der Waals surface area contributed by atoms with Gasteiger partial charge in [0.1, 0.15) is 11.2 Å². The number of rotatable bonds is 2. The normalized spacial score (nSPS) is 20.1. The van der Waals surface area contributed by atoms with Gasteiger partial charge in [0.25, 0.3) is 0 Å². The molecular weight excluding hydrogens is 558 g/mol. The van der Waals surface area contributed by atoms with Crippen LogP contribution >= 0.6 is 11.6 Å². The molecule has 0 bridgehead atoms. The molecule has 11 heteroatoms. The number of aliphatic hydroxyl groups is 1. The smallest absolute Gasteiger partial charge is 0.410 e. The van der Waals surface area contributed by atoms with Gasteiger partial charge in [-0.3, -0.25) is 4.90 Å². The van der Waals surface area contributed by atoms with Gasteiger partial charge >= 0.3 is 12.1 Å². The molecule has 1 atom stereocenters. The molecule has 1 unspecified atom stereocenters. The highest BCUT2D eigenvalue weighted by molar-refractivity contribution is 6.35. The Hall–Kier alpha value is -3.34. The van der Waals surface area contributed by atoms with Crippen molar-refractivity contribution in [2.75, 3.05) is 39.4 Å². The zero-order valence-electron chi connectivity index (χ0n) is 24.4. The van der Waals surface area contributed by atoms with Crippen LogP contribution in [0, 0.1) is 0 Å². The number of carbonyl (C=O) groups is 2. The van der Waals surface area contributed by atoms with E-state index in [0.717, 1.165) is 38.9 Å². The van der Waals surface area contributed by atoms with Gasteiger partial charge in [-0.25, -0.2) is 14.6 Å². The number of H-pyrrole nitrogens is 1. The van der Waals surface area contributed by atoms with Crippen LogP contribution in [-0.4, -0.2) is 93.0 Å². The van der Waals surface area contributed by atoms with Crippen molar-refractivity contribution in [1.29, 1.82) is 0 Å². The third-order valence-electron chi connectivity index (χ3n) is 8.31. The number of amides is 3. The van der Waals surface area contributed by atoms with Gasteiger partial charge in [-0.15, -0.1) is 0 Å². The predicted molar refractivity (Wildman–Crippen MR) is 159 cm³/mol. The molecule has 42 heavy (non-hydrogen) atoms. The Balaban J connectivity index is 1.40. The number of aromatic nitrogens is 2. The molecule has 0 spiro atoms. The molecule has 10 nitrogen and oxygen atoms in total. The summed E-state index contributed by atoms with van der Waals surface area (Å²) in [6.45, 7) is 8.87. The molecule has 2 fully saturated rings. The zero-order valence-corrected chi connectivity index (χ0v) is 25.1. The molecule has 3 aliphatic heterocycles. The summed E-state index contributed by atoms with van der Waals surface area (Å²) in [5.74, 6) is 0. The molecule has 0 radical (unpaired) electrons. The van der Waals surface area contributed by atoms with Gasteiger partial charge in [0.2, 0.25) is 0 Å². The highest BCUT2D eigenvalue weighted by Gasteiger charge is 2.36. The predicted octanol–water partition coefficient (Wildman–Crippen LogP) is 5.13. The van der Waals surface area contributed by atoms with Gasteiger partial charge in [-0.05, 0) is 74.4 Å². The maximum atomic E-state index is 13.5. The summed E-state index contributed by atoms with van der Waals surface area (Å²) in [4.78, 5) is 40.1. The molecule has 2 N–H and O–H groups in total. The topological polar surface area (TPSA) is 111 Å². The lowest BCUT2D eigenvalue weighted by Gasteiger charge is -2.40. The van der Waals surface area contributed by atoms with Gasteiger partial charge in [0.05, 0.1) is 30.4 Å². The summed E-state index contributed by atoms with van der Waals surface area (Å²) in [6.07, 6.45) is 4.70. The Morgan fingerprint density at radius 2 is 1.88 bits per heavy atom. The number of likely N-dealkylation sites (tertiary alicyclic amines) is 1. The third kappa shape index (κ3) is 5.80. The van der Waals surface area contributed by atoms with E-state index < -0.39 is 5.60 Å². The van der Waals surface area contributed by atoms with Crippen LogP contribution in [0.2, 0.25) is 5.02 Å². The Labute approximate surface area is 250 Å². The molecule has 1 aromatic carbocycles. The number of hydrogen-bond donors (Lipinski definition) is 2. The Bertz CT molecular complexity index is 1490. The Morgan fingerprint density at radius 1 is 1.10 bits per heavy atom. The highest BCUT2D eigenvalue weighted by atomic mass is 35.5. The van der Waals surface area contributed by atoms with Crippen LogP contribution in [0.5, 0.6) is 0 Å². The largest absolute Gasteiger partial charge is 0.444 e. The first kappa shape index (κ1) is 28.8. The summed E-state index contributed by atoms with van der Waals surface area (Å²) >= 11 is 6.42. The van der Waals surface area contributed by atoms with Crippen molar-refractivity contribution in [2.45, 2.75) is 64.3 Å². The lowest BCUT2D eigenvalue weighted by molar-refractivity contribution is -0.0334. The van der Waals surface area contributed by atoms with Gasteiger partial charge in [-0.1, -0.05) is 17.7 Å². The summed E-state index contributed by atoms with van der Waals surface area (Å²) in [6, 6.07) is 5.91. The first-order valence-corrected chi connectivity index (χ1v) is 15.0. The van der Waals surface area contributed by atoms with Crippen LogP contribution in [-0.2, 0) is 22.4 Å². The monoisotopic (exact) mass is 595 g/mol. The minimum atomic E-state index is -0.636. The fourth-order valence-corrected chi connectivity index (χ4v) is 6.31. The van der Waals surface area contributed by atoms with Crippen molar-refractivity contribution in [3.63, 3.8) is 0 Å². The van der Waals surface area contributed by atoms with Crippen molar-refractivity contribution in [3.05, 3.63) is 52.3 Å². The molecule has 5 heterocycles. The Morgan fingerprint density at radius 3 is 2.64 bits per heavy atom. The van der Waals surface area contributed by atoms with E-state index in [9.17, 15) is 14.7 Å². The first-order valence-electron chi connectivity index (χ1n) is 14.7. The molecule has 2 aromatic heterocycles. The number of aliphatic hydroxyl groups excluding tert-OH is 1. The van der Waals surface area contributed by atoms with E-state index in [1.165, 1.54) is 0 Å². The number of nitrogens with zero attached hydrogens (tertiary/aromatic N) is 4. The number of nitrogens with one attached hydrogen (secondary N) is 1. The second kappa shape index (κ2) is 11.4. The number of piperidine rings is 1. The zero-order chi connectivity index (χ0) is 29.6. The lowest BCUT2D eigenvalue weighted by Crippen LogP contribution is -2.49. The summed E-state index contributed by atoms with van der Waals surface area (Å²) < 4.78 is 11.7. The van der Waals surface area contributed by atoms with Crippen molar-refractivity contribution in [3.8, 4) is 11.1 Å². The van der Waals surface area contributed by atoms with Gasteiger partial charge < -0.3 is 29.4 Å². The number of urea groups is 1. The molecular formula is C31H38ClN5O5. The number of pyridine rings is 1. The SMILES string of the molecule is CC(C)(C)OC(=O)N1CCOCC1c1cc(-c2cnc3[nH]cc(Cl)c3c2)cc2c1CN(C(=O)N1CCC(O)CC1)CC2. The summed E-state index contributed by atoms with van der Waals surface area (Å²) in [5.41, 5.74) is 5.08. The van der Waals surface area contributed by atoms with E-state index in [4.69, 9.17) is 21.1 Å². The minimum Gasteiger partial charge on any atom is -0.444 e. The lowest BCUT2D eigenvalue weighted by atomic mass is 9.87. The second-order valence-electron chi connectivity index (χ2n) is 12.4. The van der Waals surface area contributed by atoms with E-state index in [1.807, 2.05) is 42.8 Å². The van der Waals surface area contributed by atoms with Crippen LogP contribution in [0.4, 0.5) is 9.59 Å². The van der Waals surface area contributed by atoms with E-state index in [1.54, 1.807) is 11.1 Å². The number of benzene rings is 1. The molecule has 0 saturated carbocycles. The van der Waals surface area contributed by atoms with Crippen LogP contribution in [0.15, 0.2) is 30.6 Å². The Kier molecular flexibility index (Phi) is 7.80. The average molecular weight is 596 g/mol. The van der Waals surface area contributed by atoms with E-state index in [-0.39, 0.29) is 24.3 Å². The number of hydrogen-bond acceptors (Lipinski definition) is 6. The average Bonchev–Trinajstić information content (AvgIpc) is 3.35. The summed E-state index contributed by atoms with van der Waals surface area (Å²) in [7, 11) is 0. The molecule has 224 valence electrons. The van der Waals surface area contributed by atoms with Crippen molar-refractivity contribution in [1.82, 2.24) is 24.7 Å². The van der Waals surface area contributed by atoms with Crippen molar-refractivity contribution in [2.24, 2.45) is 0 Å². The number of fused-ring (bicyclic) bond motifs is 2. The van der Waals surface area contributed by atoms with Crippen LogP contribution < -0.4 is 0 Å². The molecule has 3 amide bonds. The molecule has 3 aliphatic rings. The van der Waals surface area contributed by atoms with Crippen LogP contribution in [0.1, 0.15) is 56.3 Å². The fourth-order valence-electron chi connectivity index (χ4n) is 6.11. The standard InChI is InChI=1S/C31H38ClN5O5/c1-31(2,3)42-30(40)37-10-11-41-18-27(37)23-13-20(21-14-24-26(32)16-34-28(24)33-15-21)12-19-4-7-36(17-25(19)23)29(39)35-8-5-22(38)6-9-35/h12-16,22,27,38H,4-11,17-18H2,1-3H3,(H,33,34). The number of morpholine rings is 1. The number of aromatic amines is 1.